The molecular formula is C10H15BrN4O. The van der Waals surface area contributed by atoms with E-state index in [4.69, 9.17) is 10.9 Å². The molecule has 0 bridgehead atoms. The molecule has 0 aliphatic rings. The topological polar surface area (TPSA) is 74.7 Å². The van der Waals surface area contributed by atoms with Gasteiger partial charge in [-0.2, -0.15) is 0 Å². The van der Waals surface area contributed by atoms with E-state index < -0.39 is 0 Å². The lowest BCUT2D eigenvalue weighted by Crippen LogP contribution is -2.33. The summed E-state index contributed by atoms with van der Waals surface area (Å²) in [5, 5.41) is 11.5. The number of aromatic nitrogens is 1. The Morgan fingerprint density at radius 2 is 2.38 bits per heavy atom. The highest BCUT2D eigenvalue weighted by atomic mass is 79.9. The predicted molar refractivity (Wildman–Crippen MR) is 66.3 cm³/mol. The van der Waals surface area contributed by atoms with Crippen LogP contribution in [-0.4, -0.2) is 34.0 Å². The van der Waals surface area contributed by atoms with Crippen molar-refractivity contribution in [3.05, 3.63) is 28.5 Å². The number of rotatable bonds is 5. The molecule has 1 rings (SSSR count). The molecular weight excluding hydrogens is 272 g/mol. The van der Waals surface area contributed by atoms with Crippen LogP contribution in [0.25, 0.3) is 0 Å². The summed E-state index contributed by atoms with van der Waals surface area (Å²) in [7, 11) is 0. The highest BCUT2D eigenvalue weighted by Crippen LogP contribution is 2.08. The van der Waals surface area contributed by atoms with Gasteiger partial charge in [0.2, 0.25) is 0 Å². The molecule has 1 aromatic rings. The summed E-state index contributed by atoms with van der Waals surface area (Å²) in [6, 6.07) is 3.89. The Bertz CT molecular complexity index is 352. The Morgan fingerprint density at radius 3 is 2.88 bits per heavy atom. The maximum absolute atomic E-state index is 8.50. The van der Waals surface area contributed by atoms with Crippen LogP contribution in [0.3, 0.4) is 0 Å². The van der Waals surface area contributed by atoms with Crippen molar-refractivity contribution in [3.8, 4) is 0 Å². The molecule has 0 spiro atoms. The van der Waals surface area contributed by atoms with Crippen LogP contribution in [0, 0.1) is 0 Å². The number of oxime groups is 1. The van der Waals surface area contributed by atoms with Crippen molar-refractivity contribution < 1.29 is 5.21 Å². The number of likely N-dealkylation sites (N-methyl/N-ethyl adjacent to an activating group) is 1. The van der Waals surface area contributed by atoms with E-state index in [2.05, 4.69) is 26.1 Å². The molecule has 0 atom stereocenters. The molecule has 0 aliphatic heterocycles. The molecule has 1 aromatic heterocycles. The fraction of sp³-hybridized carbons (Fsp3) is 0.400. The molecule has 88 valence electrons. The molecule has 0 aliphatic carbocycles. The van der Waals surface area contributed by atoms with Crippen molar-refractivity contribution in [2.45, 2.75) is 13.5 Å². The second kappa shape index (κ2) is 6.44. The molecule has 6 heteroatoms. The van der Waals surface area contributed by atoms with Crippen LogP contribution in [-0.2, 0) is 6.54 Å². The third-order valence-electron chi connectivity index (χ3n) is 2.14. The smallest absolute Gasteiger partial charge is 0.153 e. The summed E-state index contributed by atoms with van der Waals surface area (Å²) in [5.41, 5.74) is 6.41. The van der Waals surface area contributed by atoms with Crippen LogP contribution in [0.1, 0.15) is 12.6 Å². The van der Waals surface area contributed by atoms with Gasteiger partial charge >= 0.3 is 0 Å². The summed E-state index contributed by atoms with van der Waals surface area (Å²) in [6.07, 6.45) is 1.76. The van der Waals surface area contributed by atoms with Gasteiger partial charge in [-0.05, 0) is 34.6 Å². The first-order valence-corrected chi connectivity index (χ1v) is 5.74. The minimum absolute atomic E-state index is 0.207. The van der Waals surface area contributed by atoms with E-state index in [0.717, 1.165) is 16.7 Å². The minimum Gasteiger partial charge on any atom is -0.409 e. The molecule has 0 saturated heterocycles. The highest BCUT2D eigenvalue weighted by molar-refractivity contribution is 9.10. The first-order valence-electron chi connectivity index (χ1n) is 4.95. The van der Waals surface area contributed by atoms with Gasteiger partial charge in [-0.25, -0.2) is 0 Å². The zero-order chi connectivity index (χ0) is 12.0. The molecule has 0 radical (unpaired) electrons. The van der Waals surface area contributed by atoms with Crippen LogP contribution >= 0.6 is 15.9 Å². The second-order valence-corrected chi connectivity index (χ2v) is 4.28. The zero-order valence-corrected chi connectivity index (χ0v) is 10.7. The predicted octanol–water partition coefficient (Wildman–Crippen LogP) is 1.41. The van der Waals surface area contributed by atoms with Crippen molar-refractivity contribution in [1.82, 2.24) is 9.88 Å². The van der Waals surface area contributed by atoms with Crippen molar-refractivity contribution in [1.29, 1.82) is 0 Å². The molecule has 0 fully saturated rings. The summed E-state index contributed by atoms with van der Waals surface area (Å²) in [5.74, 6) is 0.207. The van der Waals surface area contributed by atoms with Gasteiger partial charge in [0.15, 0.2) is 5.84 Å². The summed E-state index contributed by atoms with van der Waals surface area (Å²) in [6.45, 7) is 3.95. The Kier molecular flexibility index (Phi) is 5.21. The zero-order valence-electron chi connectivity index (χ0n) is 9.10. The molecule has 0 amide bonds. The van der Waals surface area contributed by atoms with E-state index in [1.54, 1.807) is 6.20 Å². The van der Waals surface area contributed by atoms with Gasteiger partial charge in [0, 0.05) is 17.2 Å². The van der Waals surface area contributed by atoms with Crippen LogP contribution in [0.2, 0.25) is 0 Å². The minimum atomic E-state index is 0.207. The number of hydrogen-bond donors (Lipinski definition) is 2. The van der Waals surface area contributed by atoms with Crippen molar-refractivity contribution in [3.63, 3.8) is 0 Å². The van der Waals surface area contributed by atoms with E-state index in [-0.39, 0.29) is 5.84 Å². The highest BCUT2D eigenvalue weighted by Gasteiger charge is 2.06. The largest absolute Gasteiger partial charge is 0.409 e. The number of pyridine rings is 1. The Hall–Kier alpha value is -1.14. The summed E-state index contributed by atoms with van der Waals surface area (Å²) >= 11 is 3.33. The third kappa shape index (κ3) is 4.16. The normalized spacial score (nSPS) is 12.1. The standard InChI is InChI=1S/C10H15BrN4O/c1-2-15(7-10(12)14-16)6-9-4-3-8(11)5-13-9/h3-5,16H,2,6-7H2,1H3,(H2,12,14). The van der Waals surface area contributed by atoms with Crippen molar-refractivity contribution in [2.75, 3.05) is 13.1 Å². The molecule has 3 N–H and O–H groups in total. The van der Waals surface area contributed by atoms with Gasteiger partial charge in [-0.1, -0.05) is 12.1 Å². The van der Waals surface area contributed by atoms with Crippen LogP contribution in [0.5, 0.6) is 0 Å². The van der Waals surface area contributed by atoms with E-state index in [0.29, 0.717) is 13.1 Å². The molecule has 0 saturated carbocycles. The first-order chi connectivity index (χ1) is 7.65. The van der Waals surface area contributed by atoms with Crippen LogP contribution < -0.4 is 5.73 Å². The van der Waals surface area contributed by atoms with Crippen LogP contribution in [0.15, 0.2) is 28.0 Å². The van der Waals surface area contributed by atoms with E-state index in [9.17, 15) is 0 Å². The molecule has 0 aromatic carbocycles. The third-order valence-corrected chi connectivity index (χ3v) is 2.60. The Labute approximate surface area is 103 Å². The lowest BCUT2D eigenvalue weighted by atomic mass is 10.3. The van der Waals surface area contributed by atoms with Gasteiger partial charge in [0.25, 0.3) is 0 Å². The SMILES string of the molecule is CCN(C/C(N)=N/O)Cc1ccc(Br)cn1. The molecule has 0 unspecified atom stereocenters. The average Bonchev–Trinajstić information content (AvgIpc) is 2.30. The summed E-state index contributed by atoms with van der Waals surface area (Å²) < 4.78 is 0.954. The van der Waals surface area contributed by atoms with Gasteiger partial charge in [0.1, 0.15) is 0 Å². The van der Waals surface area contributed by atoms with Crippen LogP contribution in [0.4, 0.5) is 0 Å². The number of amidine groups is 1. The van der Waals surface area contributed by atoms with Gasteiger partial charge < -0.3 is 10.9 Å². The van der Waals surface area contributed by atoms with Crippen molar-refractivity contribution >= 4 is 21.8 Å². The van der Waals surface area contributed by atoms with Gasteiger partial charge in [0.05, 0.1) is 12.2 Å². The lowest BCUT2D eigenvalue weighted by Gasteiger charge is -2.18. The monoisotopic (exact) mass is 286 g/mol. The van der Waals surface area contributed by atoms with E-state index in [1.165, 1.54) is 0 Å². The van der Waals surface area contributed by atoms with E-state index in [1.807, 2.05) is 24.0 Å². The maximum atomic E-state index is 8.50. The molecule has 16 heavy (non-hydrogen) atoms. The fourth-order valence-corrected chi connectivity index (χ4v) is 1.50. The summed E-state index contributed by atoms with van der Waals surface area (Å²) in [4.78, 5) is 6.30. The van der Waals surface area contributed by atoms with Gasteiger partial charge in [-0.15, -0.1) is 0 Å². The van der Waals surface area contributed by atoms with Gasteiger partial charge in [-0.3, -0.25) is 9.88 Å². The molecule has 5 nitrogen and oxygen atoms in total. The molecule has 1 heterocycles. The number of hydrogen-bond acceptors (Lipinski definition) is 4. The maximum Gasteiger partial charge on any atom is 0.153 e. The number of nitrogens with two attached hydrogens (primary N) is 1. The number of halogens is 1. The lowest BCUT2D eigenvalue weighted by molar-refractivity contribution is 0.293. The fourth-order valence-electron chi connectivity index (χ4n) is 1.27. The first kappa shape index (κ1) is 12.9. The second-order valence-electron chi connectivity index (χ2n) is 3.36. The Balaban J connectivity index is 2.59. The van der Waals surface area contributed by atoms with Crippen molar-refractivity contribution in [2.24, 2.45) is 10.9 Å². The quantitative estimate of drug-likeness (QED) is 0.371. The number of nitrogens with zero attached hydrogens (tertiary/aromatic N) is 3. The Morgan fingerprint density at radius 1 is 1.62 bits per heavy atom. The van der Waals surface area contributed by atoms with E-state index >= 15 is 0 Å². The average molecular weight is 287 g/mol.